The molecule has 13 heteroatoms. The van der Waals surface area contributed by atoms with E-state index in [-0.39, 0.29) is 37.7 Å². The van der Waals surface area contributed by atoms with E-state index in [2.05, 4.69) is 21.3 Å². The van der Waals surface area contributed by atoms with Crippen molar-refractivity contribution < 1.29 is 33.8 Å². The Morgan fingerprint density at radius 2 is 1.77 bits per heavy atom. The number of ether oxygens (including phenoxy) is 1. The molecule has 0 saturated carbocycles. The molecule has 0 aliphatic carbocycles. The third-order valence-electron chi connectivity index (χ3n) is 7.26. The zero-order chi connectivity index (χ0) is 32.1. The van der Waals surface area contributed by atoms with Crippen LogP contribution in [0.2, 0.25) is 0 Å². The van der Waals surface area contributed by atoms with Crippen LogP contribution in [-0.2, 0) is 20.8 Å². The van der Waals surface area contributed by atoms with Gasteiger partial charge in [0.15, 0.2) is 0 Å². The second kappa shape index (κ2) is 16.7. The number of hydrogen-bond acceptors (Lipinski definition) is 6. The average Bonchev–Trinajstić information content (AvgIpc) is 3.39. The average molecular weight is 611 g/mol. The van der Waals surface area contributed by atoms with E-state index in [9.17, 15) is 29.1 Å². The van der Waals surface area contributed by atoms with Crippen LogP contribution in [0.1, 0.15) is 43.7 Å². The summed E-state index contributed by atoms with van der Waals surface area (Å²) in [5.41, 5.74) is 2.72. The molecule has 2 aromatic rings. The highest BCUT2D eigenvalue weighted by Gasteiger charge is 2.24. The molecule has 1 heterocycles. The van der Waals surface area contributed by atoms with Crippen molar-refractivity contribution >= 4 is 41.2 Å². The lowest BCUT2D eigenvalue weighted by Gasteiger charge is -2.29. The summed E-state index contributed by atoms with van der Waals surface area (Å²) in [6, 6.07) is 11.0. The molecule has 1 saturated heterocycles. The number of carboxylic acids is 1. The Hall–Kier alpha value is -4.81. The Kier molecular flexibility index (Phi) is 12.8. The molecular weight excluding hydrogens is 568 g/mol. The summed E-state index contributed by atoms with van der Waals surface area (Å²) >= 11 is 0. The highest BCUT2D eigenvalue weighted by Crippen LogP contribution is 2.26. The van der Waals surface area contributed by atoms with Crippen molar-refractivity contribution in [2.75, 3.05) is 50.5 Å². The quantitative estimate of drug-likeness (QED) is 0.193. The number of rotatable bonds is 15. The van der Waals surface area contributed by atoms with Crippen molar-refractivity contribution in [3.05, 3.63) is 53.6 Å². The molecule has 1 atom stereocenters. The van der Waals surface area contributed by atoms with E-state index in [0.29, 0.717) is 55.2 Å². The molecule has 1 unspecified atom stereocenters. The number of hydrogen-bond donors (Lipinski definition) is 5. The first kappa shape index (κ1) is 33.7. The van der Waals surface area contributed by atoms with Crippen molar-refractivity contribution in [3.8, 4) is 5.75 Å². The predicted molar refractivity (Wildman–Crippen MR) is 166 cm³/mol. The number of amides is 6. The Balaban J connectivity index is 1.45. The molecule has 238 valence electrons. The van der Waals surface area contributed by atoms with Gasteiger partial charge in [-0.15, -0.1) is 0 Å². The number of nitrogens with one attached hydrogen (secondary N) is 4. The van der Waals surface area contributed by atoms with Gasteiger partial charge in [0.2, 0.25) is 11.8 Å². The van der Waals surface area contributed by atoms with Gasteiger partial charge in [-0.25, -0.2) is 9.59 Å². The van der Waals surface area contributed by atoms with E-state index in [1.165, 1.54) is 12.0 Å². The maximum atomic E-state index is 12.9. The zero-order valence-corrected chi connectivity index (χ0v) is 25.5. The summed E-state index contributed by atoms with van der Waals surface area (Å²) in [6.45, 7) is 5.40. The standard InChI is InChI=1S/C31H42N6O7/c1-21-8-4-5-9-24(21)34-30(42)35-25-12-11-23(19-26(25)44-3)20-27(38)32-13-14-33-31(43)37(22(2)18-29(40)41)17-7-16-36-15-6-10-28(36)39/h4-5,8-9,11-12,19,22H,6-7,10,13-18,20H2,1-3H3,(H,32,38)(H,33,43)(H,40,41)(H2,34,35,42). The molecule has 0 radical (unpaired) electrons. The van der Waals surface area contributed by atoms with Crippen molar-refractivity contribution in [2.45, 2.75) is 52.0 Å². The lowest BCUT2D eigenvalue weighted by atomic mass is 10.1. The SMILES string of the molecule is COc1cc(CC(=O)NCCNC(=O)N(CCCN2CCCC2=O)C(C)CC(=O)O)ccc1NC(=O)Nc1ccccc1C. The van der Waals surface area contributed by atoms with Gasteiger partial charge in [-0.05, 0) is 56.0 Å². The smallest absolute Gasteiger partial charge is 0.323 e. The third kappa shape index (κ3) is 10.5. The van der Waals surface area contributed by atoms with Crippen LogP contribution in [0.25, 0.3) is 0 Å². The lowest BCUT2D eigenvalue weighted by molar-refractivity contribution is -0.138. The third-order valence-corrected chi connectivity index (χ3v) is 7.26. The maximum absolute atomic E-state index is 12.9. The molecule has 2 aromatic carbocycles. The van der Waals surface area contributed by atoms with Gasteiger partial charge in [-0.1, -0.05) is 24.3 Å². The topological polar surface area (TPSA) is 169 Å². The first-order valence-corrected chi connectivity index (χ1v) is 14.7. The minimum atomic E-state index is -1.01. The minimum absolute atomic E-state index is 0.0526. The number of methoxy groups -OCH3 is 1. The van der Waals surface area contributed by atoms with Gasteiger partial charge in [0.1, 0.15) is 5.75 Å². The van der Waals surface area contributed by atoms with E-state index in [1.54, 1.807) is 36.1 Å². The first-order chi connectivity index (χ1) is 21.1. The van der Waals surface area contributed by atoms with Crippen molar-refractivity contribution in [1.82, 2.24) is 20.4 Å². The van der Waals surface area contributed by atoms with Crippen LogP contribution in [-0.4, -0.2) is 90.6 Å². The van der Waals surface area contributed by atoms with Crippen LogP contribution < -0.4 is 26.0 Å². The molecule has 6 amide bonds. The number of nitrogens with zero attached hydrogens (tertiary/aromatic N) is 2. The number of aryl methyl sites for hydroxylation is 1. The van der Waals surface area contributed by atoms with E-state index >= 15 is 0 Å². The highest BCUT2D eigenvalue weighted by atomic mass is 16.5. The van der Waals surface area contributed by atoms with Crippen LogP contribution in [0.3, 0.4) is 0 Å². The van der Waals surface area contributed by atoms with Crippen LogP contribution in [0.15, 0.2) is 42.5 Å². The van der Waals surface area contributed by atoms with Gasteiger partial charge in [0, 0.05) is 50.9 Å². The number of carbonyl (C=O) groups is 5. The molecule has 1 aliphatic heterocycles. The number of para-hydroxylation sites is 1. The van der Waals surface area contributed by atoms with Gasteiger partial charge >= 0.3 is 18.0 Å². The summed E-state index contributed by atoms with van der Waals surface area (Å²) in [4.78, 5) is 64.2. The fourth-order valence-electron chi connectivity index (χ4n) is 4.92. The van der Waals surface area contributed by atoms with Gasteiger partial charge in [-0.2, -0.15) is 0 Å². The largest absolute Gasteiger partial charge is 0.495 e. The van der Waals surface area contributed by atoms with Crippen molar-refractivity contribution in [3.63, 3.8) is 0 Å². The number of urea groups is 2. The molecule has 0 aromatic heterocycles. The fraction of sp³-hybridized carbons (Fsp3) is 0.452. The Bertz CT molecular complexity index is 1330. The summed E-state index contributed by atoms with van der Waals surface area (Å²) in [7, 11) is 1.47. The minimum Gasteiger partial charge on any atom is -0.495 e. The Labute approximate surface area is 257 Å². The summed E-state index contributed by atoms with van der Waals surface area (Å²) in [5.74, 6) is -0.788. The second-order valence-electron chi connectivity index (χ2n) is 10.7. The molecule has 1 aliphatic rings. The van der Waals surface area contributed by atoms with E-state index in [0.717, 1.165) is 12.0 Å². The number of likely N-dealkylation sites (tertiary alicyclic amines) is 1. The molecule has 0 bridgehead atoms. The van der Waals surface area contributed by atoms with E-state index in [1.807, 2.05) is 25.1 Å². The van der Waals surface area contributed by atoms with E-state index < -0.39 is 24.1 Å². The Morgan fingerprint density at radius 1 is 1.05 bits per heavy atom. The number of anilines is 2. The summed E-state index contributed by atoms with van der Waals surface area (Å²) < 4.78 is 5.41. The fourth-order valence-corrected chi connectivity index (χ4v) is 4.92. The van der Waals surface area contributed by atoms with Gasteiger partial charge in [0.05, 0.1) is 25.6 Å². The highest BCUT2D eigenvalue weighted by molar-refractivity contribution is 6.01. The first-order valence-electron chi connectivity index (χ1n) is 14.7. The molecule has 44 heavy (non-hydrogen) atoms. The van der Waals surface area contributed by atoms with Gasteiger partial charge in [0.25, 0.3) is 0 Å². The van der Waals surface area contributed by atoms with Crippen LogP contribution in [0, 0.1) is 6.92 Å². The Morgan fingerprint density at radius 3 is 2.45 bits per heavy atom. The molecule has 13 nitrogen and oxygen atoms in total. The summed E-state index contributed by atoms with van der Waals surface area (Å²) in [5, 5.41) is 20.3. The molecule has 1 fully saturated rings. The van der Waals surface area contributed by atoms with Crippen molar-refractivity contribution in [1.29, 1.82) is 0 Å². The molecule has 0 spiro atoms. The lowest BCUT2D eigenvalue weighted by Crippen LogP contribution is -2.48. The van der Waals surface area contributed by atoms with E-state index in [4.69, 9.17) is 4.74 Å². The number of benzene rings is 2. The van der Waals surface area contributed by atoms with Gasteiger partial charge in [-0.3, -0.25) is 14.4 Å². The summed E-state index contributed by atoms with van der Waals surface area (Å²) in [6.07, 6.45) is 1.75. The maximum Gasteiger partial charge on any atom is 0.323 e. The van der Waals surface area contributed by atoms with Crippen LogP contribution >= 0.6 is 0 Å². The molecule has 5 N–H and O–H groups in total. The number of carboxylic acid groups (broad SMARTS) is 1. The molecular formula is C31H42N6O7. The zero-order valence-electron chi connectivity index (χ0n) is 25.5. The number of aliphatic carboxylic acids is 1. The number of carbonyl (C=O) groups excluding carboxylic acids is 4. The second-order valence-corrected chi connectivity index (χ2v) is 10.7. The normalized spacial score (nSPS) is 13.2. The molecule has 3 rings (SSSR count). The van der Waals surface area contributed by atoms with Gasteiger partial charge < -0.3 is 40.9 Å². The van der Waals surface area contributed by atoms with Crippen molar-refractivity contribution in [2.24, 2.45) is 0 Å². The monoisotopic (exact) mass is 610 g/mol. The van der Waals surface area contributed by atoms with Crippen LogP contribution in [0.5, 0.6) is 5.75 Å². The van der Waals surface area contributed by atoms with Crippen LogP contribution in [0.4, 0.5) is 21.0 Å². The predicted octanol–water partition coefficient (Wildman–Crippen LogP) is 3.19.